The van der Waals surface area contributed by atoms with Crippen LogP contribution in [0.5, 0.6) is 11.5 Å². The van der Waals surface area contributed by atoms with E-state index in [1.54, 1.807) is 11.8 Å². The van der Waals surface area contributed by atoms with E-state index in [1.807, 2.05) is 42.9 Å². The third kappa shape index (κ3) is 3.65. The number of hydrogen-bond acceptors (Lipinski definition) is 6. The van der Waals surface area contributed by atoms with Crippen molar-refractivity contribution in [3.05, 3.63) is 167 Å². The molecule has 0 saturated carbocycles. The zero-order chi connectivity index (χ0) is 31.1. The maximum atomic E-state index is 6.96. The van der Waals surface area contributed by atoms with Gasteiger partial charge in [0.25, 0.3) is 0 Å². The van der Waals surface area contributed by atoms with Gasteiger partial charge in [0.1, 0.15) is 5.15 Å². The molecule has 0 bridgehead atoms. The highest BCUT2D eigenvalue weighted by Crippen LogP contribution is 2.65. The lowest BCUT2D eigenvalue weighted by Gasteiger charge is -2.42. The van der Waals surface area contributed by atoms with E-state index in [-0.39, 0.29) is 0 Å². The molecular formula is C40H23ClN4OS. The van der Waals surface area contributed by atoms with Crippen LogP contribution in [0.4, 0.5) is 17.1 Å². The highest BCUT2D eigenvalue weighted by Gasteiger charge is 2.53. The maximum absolute atomic E-state index is 6.96. The standard InChI is InChI=1S/C40H23ClN4OS/c41-35-18-16-28-37(44-35)36-27(10-7-21-43-36)40(28)26-9-2-6-14-34(26)47-39-29(40)15-17-32-38(39)46-33-13-5-4-12-31(33)45(32)30-11-3-1-8-25(30)24-19-22-42-23-20-24/h1-23H. The molecule has 5 nitrogen and oxygen atoms in total. The zero-order valence-corrected chi connectivity index (χ0v) is 26.3. The number of halogens is 1. The predicted octanol–water partition coefficient (Wildman–Crippen LogP) is 10.6. The van der Waals surface area contributed by atoms with Crippen LogP contribution in [0.2, 0.25) is 5.15 Å². The van der Waals surface area contributed by atoms with Crippen molar-refractivity contribution in [2.45, 2.75) is 15.2 Å². The van der Waals surface area contributed by atoms with Gasteiger partial charge < -0.3 is 9.64 Å². The minimum Gasteiger partial charge on any atom is -0.452 e. The van der Waals surface area contributed by atoms with Crippen LogP contribution < -0.4 is 9.64 Å². The summed E-state index contributed by atoms with van der Waals surface area (Å²) < 4.78 is 6.96. The molecular weight excluding hydrogens is 620 g/mol. The first-order valence-electron chi connectivity index (χ1n) is 15.4. The van der Waals surface area contributed by atoms with E-state index in [1.165, 1.54) is 5.56 Å². The van der Waals surface area contributed by atoms with Gasteiger partial charge in [-0.3, -0.25) is 9.97 Å². The van der Waals surface area contributed by atoms with E-state index >= 15 is 0 Å². The summed E-state index contributed by atoms with van der Waals surface area (Å²) in [6.07, 6.45) is 5.51. The molecule has 7 aromatic rings. The molecule has 10 rings (SSSR count). The monoisotopic (exact) mass is 642 g/mol. The lowest BCUT2D eigenvalue weighted by atomic mass is 9.67. The Hall–Kier alpha value is -5.43. The molecule has 4 aromatic carbocycles. The van der Waals surface area contributed by atoms with E-state index < -0.39 is 5.41 Å². The van der Waals surface area contributed by atoms with Gasteiger partial charge in [0.05, 0.1) is 38.8 Å². The average molecular weight is 643 g/mol. The van der Waals surface area contributed by atoms with Crippen LogP contribution in [-0.4, -0.2) is 15.0 Å². The molecule has 0 radical (unpaired) electrons. The first-order chi connectivity index (χ1) is 23.2. The second kappa shape index (κ2) is 10.0. The van der Waals surface area contributed by atoms with Crippen molar-refractivity contribution in [2.24, 2.45) is 0 Å². The largest absolute Gasteiger partial charge is 0.452 e. The predicted molar refractivity (Wildman–Crippen MR) is 186 cm³/mol. The van der Waals surface area contributed by atoms with Crippen LogP contribution in [0.25, 0.3) is 22.5 Å². The molecule has 1 aliphatic carbocycles. The number of hydrogen-bond donors (Lipinski definition) is 0. The average Bonchev–Trinajstić information content (AvgIpc) is 3.41. The second-order valence-corrected chi connectivity index (χ2v) is 13.2. The van der Waals surface area contributed by atoms with Crippen LogP contribution in [0.15, 0.2) is 150 Å². The molecule has 7 heteroatoms. The summed E-state index contributed by atoms with van der Waals surface area (Å²) in [6, 6.07) is 42.2. The molecule has 3 aliphatic rings. The molecule has 0 N–H and O–H groups in total. The summed E-state index contributed by atoms with van der Waals surface area (Å²) in [7, 11) is 0. The number of pyridine rings is 3. The number of rotatable bonds is 2. The minimum atomic E-state index is -0.650. The summed E-state index contributed by atoms with van der Waals surface area (Å²) in [4.78, 5) is 18.6. The molecule has 0 saturated heterocycles. The van der Waals surface area contributed by atoms with Gasteiger partial charge in [-0.25, -0.2) is 4.98 Å². The summed E-state index contributed by atoms with van der Waals surface area (Å²) in [5.74, 6) is 1.62. The smallest absolute Gasteiger partial charge is 0.165 e. The van der Waals surface area contributed by atoms with Crippen LogP contribution in [-0.2, 0) is 5.41 Å². The van der Waals surface area contributed by atoms with E-state index in [9.17, 15) is 0 Å². The van der Waals surface area contributed by atoms with Crippen molar-refractivity contribution in [3.63, 3.8) is 0 Å². The van der Waals surface area contributed by atoms with Crippen molar-refractivity contribution < 1.29 is 4.74 Å². The molecule has 2 aliphatic heterocycles. The Bertz CT molecular complexity index is 2420. The van der Waals surface area contributed by atoms with Gasteiger partial charge >= 0.3 is 0 Å². The minimum absolute atomic E-state index is 0.449. The fraction of sp³-hybridized carbons (Fsp3) is 0.0250. The molecule has 47 heavy (non-hydrogen) atoms. The highest BCUT2D eigenvalue weighted by molar-refractivity contribution is 7.99. The van der Waals surface area contributed by atoms with Gasteiger partial charge in [-0.15, -0.1) is 0 Å². The van der Waals surface area contributed by atoms with Gasteiger partial charge in [-0.05, 0) is 82.4 Å². The van der Waals surface area contributed by atoms with E-state index in [0.29, 0.717) is 5.15 Å². The lowest BCUT2D eigenvalue weighted by molar-refractivity contribution is 0.461. The molecule has 5 heterocycles. The Morgan fingerprint density at radius 1 is 0.617 bits per heavy atom. The van der Waals surface area contributed by atoms with Crippen molar-refractivity contribution in [2.75, 3.05) is 4.90 Å². The third-order valence-electron chi connectivity index (χ3n) is 9.40. The van der Waals surface area contributed by atoms with E-state index in [0.717, 1.165) is 77.6 Å². The number of nitrogens with zero attached hydrogens (tertiary/aromatic N) is 4. The summed E-state index contributed by atoms with van der Waals surface area (Å²) in [5.41, 5.74) is 10.7. The molecule has 0 amide bonds. The number of anilines is 3. The normalized spacial score (nSPS) is 16.3. The topological polar surface area (TPSA) is 51.1 Å². The number of para-hydroxylation sites is 3. The third-order valence-corrected chi connectivity index (χ3v) is 10.8. The summed E-state index contributed by atoms with van der Waals surface area (Å²) in [6.45, 7) is 0. The SMILES string of the molecule is Clc1ccc2c(n1)-c1ncccc1C21c2ccccc2Sc2c1ccc1c2Oc2ccccc2N1c1ccccc1-c1ccncc1. The molecule has 0 fully saturated rings. The van der Waals surface area contributed by atoms with Crippen LogP contribution >= 0.6 is 23.4 Å². The maximum Gasteiger partial charge on any atom is 0.165 e. The second-order valence-electron chi connectivity index (χ2n) is 11.7. The first-order valence-corrected chi connectivity index (χ1v) is 16.6. The Kier molecular flexibility index (Phi) is 5.71. The lowest BCUT2D eigenvalue weighted by Crippen LogP contribution is -2.32. The molecule has 222 valence electrons. The Labute approximate surface area is 280 Å². The summed E-state index contributed by atoms with van der Waals surface area (Å²) in [5, 5.41) is 0.449. The number of benzene rings is 4. The Morgan fingerprint density at radius 3 is 2.28 bits per heavy atom. The fourth-order valence-corrected chi connectivity index (χ4v) is 8.97. The molecule has 1 atom stereocenters. The van der Waals surface area contributed by atoms with Gasteiger partial charge in [0, 0.05) is 29.0 Å². The van der Waals surface area contributed by atoms with Gasteiger partial charge in [-0.1, -0.05) is 90.1 Å². The van der Waals surface area contributed by atoms with Crippen LogP contribution in [0.1, 0.15) is 22.3 Å². The van der Waals surface area contributed by atoms with Gasteiger partial charge in [0.2, 0.25) is 0 Å². The van der Waals surface area contributed by atoms with Crippen molar-refractivity contribution in [1.82, 2.24) is 15.0 Å². The van der Waals surface area contributed by atoms with E-state index in [2.05, 4.69) is 107 Å². The summed E-state index contributed by atoms with van der Waals surface area (Å²) >= 11 is 8.28. The number of fused-ring (bicyclic) bond motifs is 12. The quantitative estimate of drug-likeness (QED) is 0.175. The Morgan fingerprint density at radius 2 is 1.36 bits per heavy atom. The molecule has 1 unspecified atom stereocenters. The highest BCUT2D eigenvalue weighted by atomic mass is 35.5. The van der Waals surface area contributed by atoms with E-state index in [4.69, 9.17) is 26.3 Å². The van der Waals surface area contributed by atoms with Crippen molar-refractivity contribution in [3.8, 4) is 34.0 Å². The Balaban J connectivity index is 1.29. The number of aromatic nitrogens is 3. The molecule has 3 aromatic heterocycles. The van der Waals surface area contributed by atoms with Crippen molar-refractivity contribution >= 4 is 40.4 Å². The van der Waals surface area contributed by atoms with Crippen molar-refractivity contribution in [1.29, 1.82) is 0 Å². The first kappa shape index (κ1) is 26.8. The van der Waals surface area contributed by atoms with Gasteiger partial charge in [0.15, 0.2) is 11.5 Å². The fourth-order valence-electron chi connectivity index (χ4n) is 7.56. The van der Waals surface area contributed by atoms with Crippen LogP contribution in [0.3, 0.4) is 0 Å². The molecule has 1 spiro atoms. The van der Waals surface area contributed by atoms with Crippen LogP contribution in [0, 0.1) is 0 Å². The zero-order valence-electron chi connectivity index (χ0n) is 24.8. The van der Waals surface area contributed by atoms with Gasteiger partial charge in [-0.2, -0.15) is 0 Å². The number of ether oxygens (including phenoxy) is 1.